The molecule has 0 amide bonds. The van der Waals surface area contributed by atoms with E-state index in [9.17, 15) is 0 Å². The largest absolute Gasteiger partial charge is 0.487 e. The first-order chi connectivity index (χ1) is 15.0. The second-order valence-electron chi connectivity index (χ2n) is 8.21. The first-order valence-electron chi connectivity index (χ1n) is 10.5. The number of hydrogen-bond donors (Lipinski definition) is 0. The van der Waals surface area contributed by atoms with Crippen LogP contribution in [0.4, 0.5) is 0 Å². The number of hydrogen-bond acceptors (Lipinski definition) is 5. The fraction of sp³-hybridized carbons (Fsp3) is 0.269. The van der Waals surface area contributed by atoms with Crippen molar-refractivity contribution in [1.82, 2.24) is 15.1 Å². The summed E-state index contributed by atoms with van der Waals surface area (Å²) < 4.78 is 11.0. The van der Waals surface area contributed by atoms with Gasteiger partial charge in [-0.15, -0.1) is 0 Å². The van der Waals surface area contributed by atoms with Gasteiger partial charge in [-0.2, -0.15) is 4.98 Å². The van der Waals surface area contributed by atoms with E-state index in [-0.39, 0.29) is 5.41 Å². The van der Waals surface area contributed by atoms with Gasteiger partial charge in [0, 0.05) is 24.1 Å². The molecular formula is C26H27N3O2. The maximum absolute atomic E-state index is 5.91. The minimum absolute atomic E-state index is 0.148. The minimum atomic E-state index is -0.148. The number of ether oxygens (including phenoxy) is 1. The van der Waals surface area contributed by atoms with Gasteiger partial charge in [-0.3, -0.25) is 4.98 Å². The summed E-state index contributed by atoms with van der Waals surface area (Å²) in [5.41, 5.74) is 4.20. The van der Waals surface area contributed by atoms with Crippen LogP contribution in [0.3, 0.4) is 0 Å². The van der Waals surface area contributed by atoms with Gasteiger partial charge >= 0.3 is 0 Å². The molecule has 0 radical (unpaired) electrons. The molecular weight excluding hydrogens is 386 g/mol. The van der Waals surface area contributed by atoms with Crippen molar-refractivity contribution in [1.29, 1.82) is 0 Å². The lowest BCUT2D eigenvalue weighted by Crippen LogP contribution is -2.30. The first kappa shape index (κ1) is 20.8. The summed E-state index contributed by atoms with van der Waals surface area (Å²) in [7, 11) is 0. The Hall–Kier alpha value is -3.47. The van der Waals surface area contributed by atoms with Crippen LogP contribution in [0.1, 0.15) is 43.5 Å². The maximum atomic E-state index is 5.91. The van der Waals surface area contributed by atoms with Gasteiger partial charge < -0.3 is 9.26 Å². The van der Waals surface area contributed by atoms with E-state index in [2.05, 4.69) is 72.3 Å². The molecule has 5 nitrogen and oxygen atoms in total. The van der Waals surface area contributed by atoms with Gasteiger partial charge in [0.25, 0.3) is 0 Å². The number of aromatic nitrogens is 3. The summed E-state index contributed by atoms with van der Waals surface area (Å²) in [5, 5.41) is 4.02. The van der Waals surface area contributed by atoms with Gasteiger partial charge in [-0.1, -0.05) is 68.4 Å². The Morgan fingerprint density at radius 3 is 2.16 bits per heavy atom. The van der Waals surface area contributed by atoms with E-state index in [4.69, 9.17) is 9.26 Å². The number of pyridine rings is 1. The van der Waals surface area contributed by atoms with Crippen molar-refractivity contribution in [3.8, 4) is 17.1 Å². The molecule has 31 heavy (non-hydrogen) atoms. The average Bonchev–Trinajstić information content (AvgIpc) is 3.24. The topological polar surface area (TPSA) is 61.0 Å². The third kappa shape index (κ3) is 4.36. The molecule has 158 valence electrons. The SMILES string of the molecule is Cc1nc(-c2ccc(C(C)(c3ccc(OCc4ccccn4)cc3)C(C)C)cc2)no1. The van der Waals surface area contributed by atoms with E-state index in [1.54, 1.807) is 13.1 Å². The molecule has 0 N–H and O–H groups in total. The van der Waals surface area contributed by atoms with E-state index in [1.807, 2.05) is 30.3 Å². The molecule has 2 aromatic carbocycles. The van der Waals surface area contributed by atoms with Crippen molar-refractivity contribution in [3.05, 3.63) is 95.6 Å². The predicted molar refractivity (Wildman–Crippen MR) is 121 cm³/mol. The summed E-state index contributed by atoms with van der Waals surface area (Å²) >= 11 is 0. The molecule has 0 spiro atoms. The minimum Gasteiger partial charge on any atom is -0.487 e. The molecule has 1 atom stereocenters. The molecule has 0 bridgehead atoms. The molecule has 1 unspecified atom stereocenters. The lowest BCUT2D eigenvalue weighted by Gasteiger charge is -2.35. The van der Waals surface area contributed by atoms with E-state index in [0.29, 0.717) is 24.2 Å². The Morgan fingerprint density at radius 2 is 1.61 bits per heavy atom. The Kier molecular flexibility index (Phi) is 5.85. The fourth-order valence-corrected chi connectivity index (χ4v) is 3.75. The van der Waals surface area contributed by atoms with Crippen LogP contribution in [0.15, 0.2) is 77.4 Å². The highest BCUT2D eigenvalue weighted by Crippen LogP contribution is 2.40. The molecule has 0 aliphatic heterocycles. The van der Waals surface area contributed by atoms with Gasteiger partial charge in [-0.05, 0) is 41.3 Å². The molecule has 2 heterocycles. The van der Waals surface area contributed by atoms with Gasteiger partial charge in [0.15, 0.2) is 0 Å². The average molecular weight is 414 g/mol. The Morgan fingerprint density at radius 1 is 0.935 bits per heavy atom. The fourth-order valence-electron chi connectivity index (χ4n) is 3.75. The summed E-state index contributed by atoms with van der Waals surface area (Å²) in [4.78, 5) is 8.62. The number of benzene rings is 2. The third-order valence-corrected chi connectivity index (χ3v) is 5.99. The number of rotatable bonds is 7. The third-order valence-electron chi connectivity index (χ3n) is 5.99. The van der Waals surface area contributed by atoms with Crippen molar-refractivity contribution in [2.75, 3.05) is 0 Å². The van der Waals surface area contributed by atoms with Crippen molar-refractivity contribution in [2.45, 2.75) is 39.7 Å². The highest BCUT2D eigenvalue weighted by atomic mass is 16.5. The Balaban J connectivity index is 1.55. The maximum Gasteiger partial charge on any atom is 0.223 e. The van der Waals surface area contributed by atoms with E-state index < -0.39 is 0 Å². The van der Waals surface area contributed by atoms with Gasteiger partial charge in [-0.25, -0.2) is 0 Å². The summed E-state index contributed by atoms with van der Waals surface area (Å²) in [6.07, 6.45) is 1.78. The monoisotopic (exact) mass is 413 g/mol. The van der Waals surface area contributed by atoms with E-state index >= 15 is 0 Å². The smallest absolute Gasteiger partial charge is 0.223 e. The molecule has 4 aromatic rings. The molecule has 0 fully saturated rings. The first-order valence-corrected chi connectivity index (χ1v) is 10.5. The molecule has 0 saturated carbocycles. The molecule has 4 rings (SSSR count). The number of aryl methyl sites for hydroxylation is 1. The summed E-state index contributed by atoms with van der Waals surface area (Å²) in [6, 6.07) is 22.7. The molecule has 0 aliphatic carbocycles. The summed E-state index contributed by atoms with van der Waals surface area (Å²) in [5.74, 6) is 2.41. The van der Waals surface area contributed by atoms with Crippen molar-refractivity contribution in [2.24, 2.45) is 5.92 Å². The summed E-state index contributed by atoms with van der Waals surface area (Å²) in [6.45, 7) is 9.04. The lowest BCUT2D eigenvalue weighted by molar-refractivity contribution is 0.301. The van der Waals surface area contributed by atoms with Gasteiger partial charge in [0.2, 0.25) is 11.7 Å². The van der Waals surface area contributed by atoms with E-state index in [0.717, 1.165) is 17.0 Å². The van der Waals surface area contributed by atoms with Gasteiger partial charge in [0.1, 0.15) is 12.4 Å². The van der Waals surface area contributed by atoms with Crippen molar-refractivity contribution < 1.29 is 9.26 Å². The second kappa shape index (κ2) is 8.72. The molecule has 5 heteroatoms. The van der Waals surface area contributed by atoms with Crippen LogP contribution in [0.2, 0.25) is 0 Å². The highest BCUT2D eigenvalue weighted by molar-refractivity contribution is 5.56. The van der Waals surface area contributed by atoms with Gasteiger partial charge in [0.05, 0.1) is 5.69 Å². The van der Waals surface area contributed by atoms with Crippen LogP contribution >= 0.6 is 0 Å². The second-order valence-corrected chi connectivity index (χ2v) is 8.21. The lowest BCUT2D eigenvalue weighted by atomic mass is 9.68. The van der Waals surface area contributed by atoms with Crippen molar-refractivity contribution >= 4 is 0 Å². The van der Waals surface area contributed by atoms with Crippen molar-refractivity contribution in [3.63, 3.8) is 0 Å². The van der Waals surface area contributed by atoms with Crippen LogP contribution in [-0.2, 0) is 12.0 Å². The standard InChI is InChI=1S/C26H27N3O2/c1-18(2)26(4,21-10-8-20(9-11-21)25-28-19(3)31-29-25)22-12-14-24(15-13-22)30-17-23-7-5-6-16-27-23/h5-16,18H,17H2,1-4H3. The molecule has 2 aromatic heterocycles. The van der Waals surface area contributed by atoms with Crippen LogP contribution < -0.4 is 4.74 Å². The predicted octanol–water partition coefficient (Wildman–Crippen LogP) is 5.98. The van der Waals surface area contributed by atoms with Crippen LogP contribution in [0.5, 0.6) is 5.75 Å². The molecule has 0 saturated heterocycles. The van der Waals surface area contributed by atoms with E-state index in [1.165, 1.54) is 11.1 Å². The zero-order chi connectivity index (χ0) is 21.8. The Labute approximate surface area is 183 Å². The number of nitrogens with zero attached hydrogens (tertiary/aromatic N) is 3. The van der Waals surface area contributed by atoms with Crippen LogP contribution in [-0.4, -0.2) is 15.1 Å². The Bertz CT molecular complexity index is 1120. The normalized spacial score (nSPS) is 13.2. The van der Waals surface area contributed by atoms with Crippen LogP contribution in [0, 0.1) is 12.8 Å². The quantitative estimate of drug-likeness (QED) is 0.373. The molecule has 0 aliphatic rings. The zero-order valence-corrected chi connectivity index (χ0v) is 18.4. The van der Waals surface area contributed by atoms with Crippen LogP contribution in [0.25, 0.3) is 11.4 Å². The highest BCUT2D eigenvalue weighted by Gasteiger charge is 2.32. The zero-order valence-electron chi connectivity index (χ0n) is 18.4.